The number of fused-ring (bicyclic) bond motifs is 1. The summed E-state index contributed by atoms with van der Waals surface area (Å²) in [6.45, 7) is 5.39. The molecule has 0 N–H and O–H groups in total. The van der Waals surface area contributed by atoms with Crippen LogP contribution in [0.4, 0.5) is 0 Å². The molecule has 0 aliphatic heterocycles. The van der Waals surface area contributed by atoms with E-state index in [1.165, 1.54) is 15.7 Å². The van der Waals surface area contributed by atoms with Crippen molar-refractivity contribution in [3.05, 3.63) is 45.4 Å². The van der Waals surface area contributed by atoms with Crippen LogP contribution in [0.5, 0.6) is 0 Å². The maximum Gasteiger partial charge on any atom is 0.258 e. The minimum atomic E-state index is -0.194. The summed E-state index contributed by atoms with van der Waals surface area (Å²) in [6, 6.07) is 1.55. The molecule has 0 aromatic carbocycles. The first kappa shape index (κ1) is 16.7. The minimum Gasteiger partial charge on any atom is -0.371 e. The molecule has 0 radical (unpaired) electrons. The van der Waals surface area contributed by atoms with E-state index in [4.69, 9.17) is 9.26 Å². The van der Waals surface area contributed by atoms with E-state index in [9.17, 15) is 4.79 Å². The lowest BCUT2D eigenvalue weighted by atomic mass is 10.3. The third-order valence-electron chi connectivity index (χ3n) is 3.46. The minimum absolute atomic E-state index is 0.0738. The molecule has 0 fully saturated rings. The summed E-state index contributed by atoms with van der Waals surface area (Å²) in [7, 11) is 1.91. The molecule has 8 nitrogen and oxygen atoms in total. The number of thiazole rings is 1. The van der Waals surface area contributed by atoms with E-state index in [0.717, 1.165) is 0 Å². The quantitative estimate of drug-likeness (QED) is 0.643. The fraction of sp³-hybridized carbons (Fsp3) is 0.467. The Morgan fingerprint density at radius 2 is 2.25 bits per heavy atom. The molecule has 0 unspecified atom stereocenters. The van der Waals surface area contributed by atoms with Crippen LogP contribution in [0.15, 0.2) is 27.0 Å². The predicted octanol–water partition coefficient (Wildman–Crippen LogP) is 1.87. The average molecular weight is 349 g/mol. The summed E-state index contributed by atoms with van der Waals surface area (Å²) in [6.07, 6.45) is 1.53. The molecule has 0 amide bonds. The second-order valence-corrected chi connectivity index (χ2v) is 6.33. The number of aromatic nitrogens is 4. The van der Waals surface area contributed by atoms with Crippen LogP contribution in [0.1, 0.15) is 37.4 Å². The van der Waals surface area contributed by atoms with Crippen LogP contribution in [0.25, 0.3) is 4.96 Å². The topological polar surface area (TPSA) is 85.8 Å². The van der Waals surface area contributed by atoms with Gasteiger partial charge in [0.05, 0.1) is 12.2 Å². The van der Waals surface area contributed by atoms with Gasteiger partial charge in [0.25, 0.3) is 5.56 Å². The molecular weight excluding hydrogens is 330 g/mol. The van der Waals surface area contributed by atoms with Gasteiger partial charge >= 0.3 is 0 Å². The lowest BCUT2D eigenvalue weighted by Gasteiger charge is -2.13. The maximum absolute atomic E-state index is 12.0. The lowest BCUT2D eigenvalue weighted by Crippen LogP contribution is -2.21. The molecule has 3 aromatic heterocycles. The smallest absolute Gasteiger partial charge is 0.258 e. The molecular formula is C15H19N5O3S. The van der Waals surface area contributed by atoms with Crippen LogP contribution < -0.4 is 5.56 Å². The van der Waals surface area contributed by atoms with Crippen LogP contribution in [-0.2, 0) is 17.8 Å². The zero-order valence-corrected chi connectivity index (χ0v) is 14.6. The van der Waals surface area contributed by atoms with Crippen molar-refractivity contribution in [3.63, 3.8) is 0 Å². The Bertz CT molecular complexity index is 871. The highest BCUT2D eigenvalue weighted by atomic mass is 32.1. The molecule has 3 rings (SSSR count). The van der Waals surface area contributed by atoms with E-state index in [2.05, 4.69) is 15.1 Å². The molecule has 0 aliphatic rings. The van der Waals surface area contributed by atoms with E-state index >= 15 is 0 Å². The van der Waals surface area contributed by atoms with Gasteiger partial charge in [-0.1, -0.05) is 5.16 Å². The van der Waals surface area contributed by atoms with Crippen LogP contribution in [0.3, 0.4) is 0 Å². The van der Waals surface area contributed by atoms with Gasteiger partial charge in [0, 0.05) is 30.8 Å². The number of rotatable bonds is 7. The van der Waals surface area contributed by atoms with Crippen molar-refractivity contribution in [1.29, 1.82) is 0 Å². The van der Waals surface area contributed by atoms with Gasteiger partial charge in [-0.15, -0.1) is 11.3 Å². The summed E-state index contributed by atoms with van der Waals surface area (Å²) in [5, 5.41) is 5.78. The van der Waals surface area contributed by atoms with Crippen molar-refractivity contribution in [2.75, 3.05) is 13.7 Å². The third kappa shape index (κ3) is 3.69. The molecule has 0 bridgehead atoms. The van der Waals surface area contributed by atoms with Crippen LogP contribution in [-0.4, -0.2) is 38.1 Å². The van der Waals surface area contributed by atoms with Crippen LogP contribution in [0, 0.1) is 0 Å². The highest BCUT2D eigenvalue weighted by Gasteiger charge is 2.15. The summed E-state index contributed by atoms with van der Waals surface area (Å²) in [4.78, 5) is 23.5. The third-order valence-corrected chi connectivity index (χ3v) is 4.21. The van der Waals surface area contributed by atoms with Crippen molar-refractivity contribution < 1.29 is 9.26 Å². The van der Waals surface area contributed by atoms with E-state index in [1.807, 2.05) is 31.2 Å². The van der Waals surface area contributed by atoms with Gasteiger partial charge in [0.1, 0.15) is 6.10 Å². The molecule has 1 atom stereocenters. The Balaban J connectivity index is 1.66. The standard InChI is InChI=1S/C15H19N5O3S/c1-4-22-10(2)14-17-12(23-18-14)9-19(3)8-11-7-13(21)20-5-6-24-15(20)16-11/h5-7,10H,4,8-9H2,1-3H3/t10-/m0/s1. The van der Waals surface area contributed by atoms with Crippen LogP contribution >= 0.6 is 11.3 Å². The summed E-state index contributed by atoms with van der Waals surface area (Å²) in [5.74, 6) is 1.05. The van der Waals surface area contributed by atoms with Gasteiger partial charge in [-0.2, -0.15) is 4.98 Å². The lowest BCUT2D eigenvalue weighted by molar-refractivity contribution is 0.0683. The Hall–Kier alpha value is -2.10. The molecule has 3 aromatic rings. The SMILES string of the molecule is CCO[C@@H](C)c1noc(CN(C)Cc2cc(=O)n3ccsc3n2)n1. The van der Waals surface area contributed by atoms with Crippen molar-refractivity contribution in [3.8, 4) is 0 Å². The van der Waals surface area contributed by atoms with Crippen molar-refractivity contribution in [2.45, 2.75) is 33.0 Å². The number of hydrogen-bond acceptors (Lipinski definition) is 8. The van der Waals surface area contributed by atoms with Crippen molar-refractivity contribution in [1.82, 2.24) is 24.4 Å². The second kappa shape index (κ2) is 7.20. The van der Waals surface area contributed by atoms with Gasteiger partial charge in [-0.05, 0) is 20.9 Å². The van der Waals surface area contributed by atoms with Gasteiger partial charge in [0.2, 0.25) is 5.89 Å². The second-order valence-electron chi connectivity index (χ2n) is 5.46. The zero-order chi connectivity index (χ0) is 17.1. The molecule has 24 heavy (non-hydrogen) atoms. The van der Waals surface area contributed by atoms with E-state index in [0.29, 0.717) is 42.1 Å². The molecule has 0 spiro atoms. The first-order valence-electron chi connectivity index (χ1n) is 7.65. The fourth-order valence-corrected chi connectivity index (χ4v) is 3.09. The Morgan fingerprint density at radius 1 is 1.42 bits per heavy atom. The first-order valence-corrected chi connectivity index (χ1v) is 8.53. The summed E-state index contributed by atoms with van der Waals surface area (Å²) in [5.41, 5.74) is 0.641. The highest BCUT2D eigenvalue weighted by Crippen LogP contribution is 2.14. The Kier molecular flexibility index (Phi) is 5.03. The van der Waals surface area contributed by atoms with Crippen molar-refractivity contribution in [2.24, 2.45) is 0 Å². The van der Waals surface area contributed by atoms with Gasteiger partial charge in [-0.3, -0.25) is 14.1 Å². The monoisotopic (exact) mass is 349 g/mol. The van der Waals surface area contributed by atoms with Gasteiger partial charge in [-0.25, -0.2) is 4.98 Å². The van der Waals surface area contributed by atoms with Crippen molar-refractivity contribution >= 4 is 16.3 Å². The molecule has 128 valence electrons. The summed E-state index contributed by atoms with van der Waals surface area (Å²) >= 11 is 1.44. The number of nitrogens with zero attached hydrogens (tertiary/aromatic N) is 5. The van der Waals surface area contributed by atoms with Gasteiger partial charge < -0.3 is 9.26 Å². The molecule has 0 saturated heterocycles. The average Bonchev–Trinajstić information content (AvgIpc) is 3.16. The van der Waals surface area contributed by atoms with Crippen LogP contribution in [0.2, 0.25) is 0 Å². The number of ether oxygens (including phenoxy) is 1. The molecule has 0 aliphatic carbocycles. The zero-order valence-electron chi connectivity index (χ0n) is 13.8. The molecule has 0 saturated carbocycles. The summed E-state index contributed by atoms with van der Waals surface area (Å²) < 4.78 is 12.2. The Labute approximate surface area is 142 Å². The van der Waals surface area contributed by atoms with E-state index in [-0.39, 0.29) is 11.7 Å². The fourth-order valence-electron chi connectivity index (χ4n) is 2.35. The van der Waals surface area contributed by atoms with E-state index < -0.39 is 0 Å². The maximum atomic E-state index is 12.0. The first-order chi connectivity index (χ1) is 11.6. The highest BCUT2D eigenvalue weighted by molar-refractivity contribution is 7.15. The normalized spacial score (nSPS) is 13.0. The number of hydrogen-bond donors (Lipinski definition) is 0. The van der Waals surface area contributed by atoms with E-state index in [1.54, 1.807) is 12.3 Å². The predicted molar refractivity (Wildman–Crippen MR) is 88.8 cm³/mol. The Morgan fingerprint density at radius 3 is 3.04 bits per heavy atom. The van der Waals surface area contributed by atoms with Gasteiger partial charge in [0.15, 0.2) is 10.8 Å². The molecule has 3 heterocycles. The largest absolute Gasteiger partial charge is 0.371 e. The molecule has 9 heteroatoms.